The fourth-order valence-corrected chi connectivity index (χ4v) is 5.03. The van der Waals surface area contributed by atoms with Crippen LogP contribution in [-0.4, -0.2) is 31.3 Å². The summed E-state index contributed by atoms with van der Waals surface area (Å²) >= 11 is 0. The highest BCUT2D eigenvalue weighted by molar-refractivity contribution is 7.89. The lowest BCUT2D eigenvalue weighted by atomic mass is 10.1. The molecule has 0 aliphatic rings. The van der Waals surface area contributed by atoms with Crippen molar-refractivity contribution in [1.82, 2.24) is 9.71 Å². The van der Waals surface area contributed by atoms with Crippen molar-refractivity contribution in [3.8, 4) is 0 Å². The average Bonchev–Trinajstić information content (AvgIpc) is 2.84. The predicted octanol–water partition coefficient (Wildman–Crippen LogP) is 3.72. The molecule has 9 heteroatoms. The van der Waals surface area contributed by atoms with E-state index in [1.165, 1.54) is 19.2 Å². The Hall–Kier alpha value is -4.08. The SMILES string of the molecule is CC(=O)Nc1ccc(NC(=O)[C@H](Cc2ccccc2)NS(=O)(=O)c2cccc3cccnc23)cc1. The second-order valence-electron chi connectivity index (χ2n) is 7.94. The number of para-hydroxylation sites is 1. The summed E-state index contributed by atoms with van der Waals surface area (Å²) in [5.41, 5.74) is 2.18. The van der Waals surface area contributed by atoms with Gasteiger partial charge in [0.1, 0.15) is 10.9 Å². The molecule has 3 aromatic carbocycles. The highest BCUT2D eigenvalue weighted by atomic mass is 32.2. The first-order valence-electron chi connectivity index (χ1n) is 10.9. The van der Waals surface area contributed by atoms with Gasteiger partial charge in [0.25, 0.3) is 0 Å². The molecular weight excluding hydrogens is 464 g/mol. The van der Waals surface area contributed by atoms with Crippen LogP contribution in [0.2, 0.25) is 0 Å². The van der Waals surface area contributed by atoms with Gasteiger partial charge in [-0.3, -0.25) is 14.6 Å². The molecule has 0 spiro atoms. The number of nitrogens with zero attached hydrogens (tertiary/aromatic N) is 1. The Labute approximate surface area is 203 Å². The van der Waals surface area contributed by atoms with Crippen LogP contribution in [0.15, 0.2) is 96.0 Å². The summed E-state index contributed by atoms with van der Waals surface area (Å²) in [5, 5.41) is 6.09. The van der Waals surface area contributed by atoms with Crippen LogP contribution in [0.25, 0.3) is 10.9 Å². The van der Waals surface area contributed by atoms with Gasteiger partial charge >= 0.3 is 0 Å². The monoisotopic (exact) mass is 488 g/mol. The van der Waals surface area contributed by atoms with Crippen LogP contribution in [-0.2, 0) is 26.0 Å². The zero-order valence-corrected chi connectivity index (χ0v) is 19.7. The Morgan fingerprint density at radius 2 is 1.49 bits per heavy atom. The van der Waals surface area contributed by atoms with Crippen LogP contribution in [0.5, 0.6) is 0 Å². The van der Waals surface area contributed by atoms with Crippen molar-refractivity contribution in [3.63, 3.8) is 0 Å². The summed E-state index contributed by atoms with van der Waals surface area (Å²) in [6.45, 7) is 1.40. The topological polar surface area (TPSA) is 117 Å². The summed E-state index contributed by atoms with van der Waals surface area (Å²) in [5.74, 6) is -0.722. The molecule has 0 saturated heterocycles. The third kappa shape index (κ3) is 6.08. The van der Waals surface area contributed by atoms with E-state index in [0.29, 0.717) is 22.3 Å². The zero-order valence-electron chi connectivity index (χ0n) is 18.9. The van der Waals surface area contributed by atoms with E-state index in [4.69, 9.17) is 0 Å². The number of carbonyl (C=O) groups is 2. The second kappa shape index (κ2) is 10.5. The standard InChI is InChI=1S/C26H24N4O4S/c1-18(31)28-21-12-14-22(15-13-21)29-26(32)23(17-19-7-3-2-4-8-19)30-35(33,34)24-11-5-9-20-10-6-16-27-25(20)24/h2-16,23,30H,17H2,1H3,(H,28,31)(H,29,32)/t23-/m0/s1. The molecule has 1 atom stereocenters. The van der Waals surface area contributed by atoms with Gasteiger partial charge in [-0.25, -0.2) is 8.42 Å². The Bertz CT molecular complexity index is 1450. The normalized spacial score (nSPS) is 12.1. The Morgan fingerprint density at radius 3 is 2.17 bits per heavy atom. The first-order valence-corrected chi connectivity index (χ1v) is 12.4. The number of carbonyl (C=O) groups excluding carboxylic acids is 2. The second-order valence-corrected chi connectivity index (χ2v) is 9.63. The van der Waals surface area contributed by atoms with E-state index in [1.54, 1.807) is 48.5 Å². The molecule has 1 aromatic heterocycles. The number of hydrogen-bond acceptors (Lipinski definition) is 5. The first kappa shape index (κ1) is 24.1. The number of aromatic nitrogens is 1. The van der Waals surface area contributed by atoms with E-state index in [-0.39, 0.29) is 17.2 Å². The predicted molar refractivity (Wildman–Crippen MR) is 135 cm³/mol. The third-order valence-electron chi connectivity index (χ3n) is 5.25. The van der Waals surface area contributed by atoms with Crippen LogP contribution >= 0.6 is 0 Å². The number of rotatable bonds is 8. The van der Waals surface area contributed by atoms with E-state index in [0.717, 1.165) is 5.56 Å². The van der Waals surface area contributed by atoms with Crippen LogP contribution in [0.4, 0.5) is 11.4 Å². The van der Waals surface area contributed by atoms with Crippen LogP contribution < -0.4 is 15.4 Å². The highest BCUT2D eigenvalue weighted by Crippen LogP contribution is 2.22. The van der Waals surface area contributed by atoms with Gasteiger partial charge in [-0.15, -0.1) is 0 Å². The van der Waals surface area contributed by atoms with Gasteiger partial charge in [0, 0.05) is 29.9 Å². The molecule has 0 unspecified atom stereocenters. The molecule has 3 N–H and O–H groups in total. The fourth-order valence-electron chi connectivity index (χ4n) is 3.65. The minimum Gasteiger partial charge on any atom is -0.326 e. The van der Waals surface area contributed by atoms with Gasteiger partial charge in [-0.2, -0.15) is 4.72 Å². The molecule has 1 heterocycles. The quantitative estimate of drug-likeness (QED) is 0.349. The first-order chi connectivity index (χ1) is 16.8. The van der Waals surface area contributed by atoms with Gasteiger partial charge in [-0.1, -0.05) is 48.5 Å². The number of hydrogen-bond donors (Lipinski definition) is 3. The number of nitrogens with one attached hydrogen (secondary N) is 3. The Balaban J connectivity index is 1.61. The maximum absolute atomic E-state index is 13.4. The minimum absolute atomic E-state index is 0.00104. The fraction of sp³-hybridized carbons (Fsp3) is 0.115. The van der Waals surface area contributed by atoms with Crippen molar-refractivity contribution >= 4 is 44.1 Å². The van der Waals surface area contributed by atoms with Crippen LogP contribution in [0, 0.1) is 0 Å². The maximum Gasteiger partial charge on any atom is 0.243 e. The maximum atomic E-state index is 13.4. The zero-order chi connectivity index (χ0) is 24.8. The number of pyridine rings is 1. The number of amides is 2. The average molecular weight is 489 g/mol. The van der Waals surface area contributed by atoms with Crippen molar-refractivity contribution in [1.29, 1.82) is 0 Å². The van der Waals surface area contributed by atoms with Crippen molar-refractivity contribution < 1.29 is 18.0 Å². The number of fused-ring (bicyclic) bond motifs is 1. The molecule has 0 fully saturated rings. The molecule has 0 aliphatic carbocycles. The molecule has 0 aliphatic heterocycles. The highest BCUT2D eigenvalue weighted by Gasteiger charge is 2.27. The smallest absolute Gasteiger partial charge is 0.243 e. The van der Waals surface area contributed by atoms with Gasteiger partial charge < -0.3 is 10.6 Å². The van der Waals surface area contributed by atoms with Crippen LogP contribution in [0.1, 0.15) is 12.5 Å². The summed E-state index contributed by atoms with van der Waals surface area (Å²) in [6.07, 6.45) is 1.67. The molecule has 0 radical (unpaired) electrons. The minimum atomic E-state index is -4.08. The number of anilines is 2. The molecule has 35 heavy (non-hydrogen) atoms. The summed E-state index contributed by atoms with van der Waals surface area (Å²) in [4.78, 5) is 28.7. The number of benzene rings is 3. The molecule has 4 aromatic rings. The summed E-state index contributed by atoms with van der Waals surface area (Å²) in [7, 11) is -4.08. The molecule has 8 nitrogen and oxygen atoms in total. The third-order valence-corrected chi connectivity index (χ3v) is 6.76. The molecular formula is C26H24N4O4S. The lowest BCUT2D eigenvalue weighted by Crippen LogP contribution is -2.45. The van der Waals surface area contributed by atoms with Crippen LogP contribution in [0.3, 0.4) is 0 Å². The Morgan fingerprint density at radius 1 is 0.829 bits per heavy atom. The van der Waals surface area contributed by atoms with E-state index in [9.17, 15) is 18.0 Å². The molecule has 178 valence electrons. The number of sulfonamides is 1. The van der Waals surface area contributed by atoms with E-state index >= 15 is 0 Å². The molecule has 0 bridgehead atoms. The largest absolute Gasteiger partial charge is 0.326 e. The molecule has 0 saturated carbocycles. The molecule has 4 rings (SSSR count). The van der Waals surface area contributed by atoms with Crippen molar-refractivity contribution in [2.24, 2.45) is 0 Å². The van der Waals surface area contributed by atoms with Gasteiger partial charge in [-0.05, 0) is 48.4 Å². The van der Waals surface area contributed by atoms with Gasteiger partial charge in [0.05, 0.1) is 5.52 Å². The van der Waals surface area contributed by atoms with Crippen molar-refractivity contribution in [2.45, 2.75) is 24.3 Å². The lowest BCUT2D eigenvalue weighted by molar-refractivity contribution is -0.117. The molecule has 2 amide bonds. The van der Waals surface area contributed by atoms with Crippen molar-refractivity contribution in [3.05, 3.63) is 96.7 Å². The van der Waals surface area contributed by atoms with Gasteiger partial charge in [0.2, 0.25) is 21.8 Å². The van der Waals surface area contributed by atoms with Crippen molar-refractivity contribution in [2.75, 3.05) is 10.6 Å². The Kier molecular flexibility index (Phi) is 7.19. The van der Waals surface area contributed by atoms with E-state index in [2.05, 4.69) is 20.3 Å². The lowest BCUT2D eigenvalue weighted by Gasteiger charge is -2.19. The van der Waals surface area contributed by atoms with E-state index in [1.807, 2.05) is 30.3 Å². The summed E-state index contributed by atoms with van der Waals surface area (Å²) < 4.78 is 29.3. The van der Waals surface area contributed by atoms with Gasteiger partial charge in [0.15, 0.2) is 0 Å². The summed E-state index contributed by atoms with van der Waals surface area (Å²) in [6, 6.07) is 23.0. The van der Waals surface area contributed by atoms with E-state index < -0.39 is 22.0 Å².